The van der Waals surface area contributed by atoms with Gasteiger partial charge in [-0.3, -0.25) is 4.90 Å². The maximum absolute atomic E-state index is 9.52. The van der Waals surface area contributed by atoms with E-state index in [-0.39, 0.29) is 6.61 Å². The summed E-state index contributed by atoms with van der Waals surface area (Å²) in [5.74, 6) is 1.22. The van der Waals surface area contributed by atoms with Crippen LogP contribution < -0.4 is 14.4 Å². The molecular formula is C34H42N4OS+2. The molecule has 208 valence electrons. The van der Waals surface area contributed by atoms with Crippen LogP contribution in [0.3, 0.4) is 0 Å². The summed E-state index contributed by atoms with van der Waals surface area (Å²) in [5.41, 5.74) is 4.87. The van der Waals surface area contributed by atoms with Crippen molar-refractivity contribution in [2.75, 3.05) is 63.7 Å². The largest absolute Gasteiger partial charge is 0.391 e. The topological polar surface area (TPSA) is 30.6 Å². The zero-order valence-electron chi connectivity index (χ0n) is 24.3. The molecule has 0 aliphatic carbocycles. The van der Waals surface area contributed by atoms with Crippen LogP contribution in [0.25, 0.3) is 22.7 Å². The van der Waals surface area contributed by atoms with Crippen molar-refractivity contribution in [3.8, 4) is 5.69 Å². The van der Waals surface area contributed by atoms with Crippen molar-refractivity contribution in [1.82, 2.24) is 0 Å². The molecule has 2 heterocycles. The Balaban J connectivity index is 1.63. The Labute approximate surface area is 243 Å². The van der Waals surface area contributed by atoms with Crippen LogP contribution in [0, 0.1) is 0 Å². The second-order valence-electron chi connectivity index (χ2n) is 11.2. The smallest absolute Gasteiger partial charge is 0.282 e. The minimum absolute atomic E-state index is 0.221. The number of hydrogen-bond acceptors (Lipinski definition) is 4. The predicted molar refractivity (Wildman–Crippen MR) is 170 cm³/mol. The van der Waals surface area contributed by atoms with Crippen LogP contribution in [0.5, 0.6) is 0 Å². The van der Waals surface area contributed by atoms with Crippen LogP contribution >= 0.6 is 11.8 Å². The van der Waals surface area contributed by atoms with Gasteiger partial charge in [0.25, 0.3) is 5.82 Å². The van der Waals surface area contributed by atoms with Gasteiger partial charge in [0, 0.05) is 29.8 Å². The number of likely N-dealkylation sites (N-methyl/N-ethyl adjacent to an activating group) is 1. The zero-order valence-corrected chi connectivity index (χ0v) is 25.1. The Hall–Kier alpha value is -3.32. The molecule has 0 spiro atoms. The molecule has 0 atom stereocenters. The molecule has 0 radical (unpaired) electrons. The third kappa shape index (κ3) is 6.04. The number of nitrogens with zero attached hydrogens (tertiary/aromatic N) is 4. The Bertz CT molecular complexity index is 1480. The number of thioether (sulfide) groups is 1. The molecule has 0 fully saturated rings. The number of aliphatic hydroxyl groups excluding tert-OH is 1. The van der Waals surface area contributed by atoms with Crippen molar-refractivity contribution in [3.05, 3.63) is 95.5 Å². The number of quaternary nitrogens is 1. The highest BCUT2D eigenvalue weighted by molar-refractivity contribution is 8.03. The van der Waals surface area contributed by atoms with Crippen LogP contribution in [-0.4, -0.2) is 63.5 Å². The minimum atomic E-state index is 0.221. The van der Waals surface area contributed by atoms with E-state index in [0.29, 0.717) is 0 Å². The van der Waals surface area contributed by atoms with E-state index in [2.05, 4.69) is 133 Å². The first-order valence-corrected chi connectivity index (χ1v) is 15.2. The van der Waals surface area contributed by atoms with Gasteiger partial charge in [0.15, 0.2) is 0 Å². The van der Waals surface area contributed by atoms with E-state index in [1.807, 2.05) is 11.8 Å². The highest BCUT2D eigenvalue weighted by Gasteiger charge is 2.27. The van der Waals surface area contributed by atoms with Gasteiger partial charge < -0.3 is 14.5 Å². The zero-order chi connectivity index (χ0) is 28.1. The van der Waals surface area contributed by atoms with Crippen LogP contribution in [0.2, 0.25) is 0 Å². The number of pyridine rings is 1. The second kappa shape index (κ2) is 12.5. The van der Waals surface area contributed by atoms with Crippen LogP contribution in [0.1, 0.15) is 25.3 Å². The van der Waals surface area contributed by atoms with E-state index in [4.69, 9.17) is 0 Å². The number of anilines is 2. The fourth-order valence-electron chi connectivity index (χ4n) is 5.58. The van der Waals surface area contributed by atoms with E-state index in [1.165, 1.54) is 43.6 Å². The van der Waals surface area contributed by atoms with Gasteiger partial charge in [-0.2, -0.15) is 4.57 Å². The summed E-state index contributed by atoms with van der Waals surface area (Å²) in [4.78, 5) is 6.16. The second-order valence-corrected chi connectivity index (χ2v) is 12.3. The molecule has 0 saturated carbocycles. The molecule has 5 rings (SSSR count). The number of hydrogen-bond donors (Lipinski definition) is 1. The van der Waals surface area contributed by atoms with E-state index in [0.717, 1.165) is 43.5 Å². The summed E-state index contributed by atoms with van der Waals surface area (Å²) < 4.78 is 3.26. The summed E-state index contributed by atoms with van der Waals surface area (Å²) in [6.45, 7) is 6.22. The van der Waals surface area contributed by atoms with Gasteiger partial charge in [-0.1, -0.05) is 67.2 Å². The number of rotatable bonds is 11. The SMILES string of the molecule is CCCN(CCC[N+](C)(C)CCO)c1cc(C=C2Sc3ccccc3N2C)c2ccccc2[n+]1-c1ccccc1. The predicted octanol–water partition coefficient (Wildman–Crippen LogP) is 6.33. The monoisotopic (exact) mass is 554 g/mol. The van der Waals surface area contributed by atoms with Crippen LogP contribution in [0.15, 0.2) is 94.9 Å². The van der Waals surface area contributed by atoms with Crippen molar-refractivity contribution in [3.63, 3.8) is 0 Å². The molecule has 1 aromatic heterocycles. The number of aliphatic hydroxyl groups is 1. The molecule has 3 aromatic carbocycles. The summed E-state index contributed by atoms with van der Waals surface area (Å²) in [6.07, 6.45) is 4.48. The van der Waals surface area contributed by atoms with Gasteiger partial charge in [0.2, 0.25) is 0 Å². The average Bonchev–Trinajstić information content (AvgIpc) is 3.27. The lowest BCUT2D eigenvalue weighted by Crippen LogP contribution is -2.45. The number of para-hydroxylation sites is 3. The fourth-order valence-corrected chi connectivity index (χ4v) is 6.68. The third-order valence-corrected chi connectivity index (χ3v) is 8.92. The number of aromatic nitrogens is 1. The van der Waals surface area contributed by atoms with Crippen molar-refractivity contribution in [2.45, 2.75) is 24.7 Å². The van der Waals surface area contributed by atoms with Crippen LogP contribution in [0.4, 0.5) is 11.5 Å². The summed E-state index contributed by atoms with van der Waals surface area (Å²) in [6, 6.07) is 30.5. The molecule has 1 N–H and O–H groups in total. The van der Waals surface area contributed by atoms with Crippen LogP contribution in [-0.2, 0) is 0 Å². The Morgan fingerprint density at radius 2 is 1.65 bits per heavy atom. The van der Waals surface area contributed by atoms with Gasteiger partial charge in [0.05, 0.1) is 51.1 Å². The van der Waals surface area contributed by atoms with Gasteiger partial charge >= 0.3 is 0 Å². The van der Waals surface area contributed by atoms with E-state index in [9.17, 15) is 5.11 Å². The van der Waals surface area contributed by atoms with Gasteiger partial charge in [-0.05, 0) is 48.4 Å². The van der Waals surface area contributed by atoms with Gasteiger partial charge in [-0.15, -0.1) is 0 Å². The molecule has 0 unspecified atom stereocenters. The molecule has 0 amide bonds. The molecule has 0 saturated heterocycles. The summed E-state index contributed by atoms with van der Waals surface area (Å²) in [5, 5.41) is 12.0. The Morgan fingerprint density at radius 1 is 0.925 bits per heavy atom. The lowest BCUT2D eigenvalue weighted by Gasteiger charge is -2.29. The van der Waals surface area contributed by atoms with Crippen molar-refractivity contribution >= 4 is 40.2 Å². The normalized spacial score (nSPS) is 14.2. The maximum Gasteiger partial charge on any atom is 0.282 e. The standard InChI is InChI=1S/C34H42N4OS/c1-5-20-36(21-13-22-38(3,4)23-24-39)33-25-27(26-34-35(2)31-18-11-12-19-32(31)40-34)29-16-9-10-17-30(29)37(33)28-14-7-6-8-15-28/h6-12,14-19,25-26,39H,5,13,20-24H2,1-4H3/q+2. The number of benzene rings is 3. The van der Waals surface area contributed by atoms with E-state index in [1.54, 1.807) is 0 Å². The highest BCUT2D eigenvalue weighted by Crippen LogP contribution is 2.45. The molecule has 0 bridgehead atoms. The molecule has 40 heavy (non-hydrogen) atoms. The van der Waals surface area contributed by atoms with E-state index < -0.39 is 0 Å². The quantitative estimate of drug-likeness (QED) is 0.173. The van der Waals surface area contributed by atoms with Gasteiger partial charge in [-0.25, -0.2) is 0 Å². The molecule has 1 aliphatic heterocycles. The fraction of sp³-hybridized carbons (Fsp3) is 0.324. The molecule has 6 heteroatoms. The number of fused-ring (bicyclic) bond motifs is 2. The Kier molecular flexibility index (Phi) is 8.79. The average molecular weight is 555 g/mol. The molecule has 4 aromatic rings. The van der Waals surface area contributed by atoms with Crippen molar-refractivity contribution < 1.29 is 14.2 Å². The first kappa shape index (κ1) is 28.2. The Morgan fingerprint density at radius 3 is 2.40 bits per heavy atom. The van der Waals surface area contributed by atoms with Crippen molar-refractivity contribution in [2.24, 2.45) is 0 Å². The first-order chi connectivity index (χ1) is 19.4. The third-order valence-electron chi connectivity index (χ3n) is 7.75. The highest BCUT2D eigenvalue weighted by atomic mass is 32.2. The molecule has 5 nitrogen and oxygen atoms in total. The summed E-state index contributed by atoms with van der Waals surface area (Å²) >= 11 is 1.84. The first-order valence-electron chi connectivity index (χ1n) is 14.3. The molecule has 1 aliphatic rings. The lowest BCUT2D eigenvalue weighted by molar-refractivity contribution is -0.890. The van der Waals surface area contributed by atoms with Crippen molar-refractivity contribution in [1.29, 1.82) is 0 Å². The maximum atomic E-state index is 9.52. The minimum Gasteiger partial charge on any atom is -0.391 e. The van der Waals surface area contributed by atoms with Gasteiger partial charge in [0.1, 0.15) is 17.7 Å². The lowest BCUT2D eigenvalue weighted by atomic mass is 10.1. The van der Waals surface area contributed by atoms with E-state index >= 15 is 0 Å². The summed E-state index contributed by atoms with van der Waals surface area (Å²) in [7, 11) is 6.58. The molecular weight excluding hydrogens is 512 g/mol.